The minimum absolute atomic E-state index is 0.220. The van der Waals surface area contributed by atoms with E-state index in [0.717, 1.165) is 42.2 Å². The quantitative estimate of drug-likeness (QED) is 0.683. The van der Waals surface area contributed by atoms with Crippen LogP contribution in [0, 0.1) is 5.82 Å². The zero-order valence-electron chi connectivity index (χ0n) is 13.6. The van der Waals surface area contributed by atoms with Crippen LogP contribution in [0.1, 0.15) is 38.7 Å². The summed E-state index contributed by atoms with van der Waals surface area (Å²) in [4.78, 5) is 6.84. The molecule has 0 radical (unpaired) electrons. The smallest absolute Gasteiger partial charge is 0.134 e. The summed E-state index contributed by atoms with van der Waals surface area (Å²) in [6, 6.07) is 15.2. The van der Waals surface area contributed by atoms with Crippen molar-refractivity contribution in [2.75, 3.05) is 4.90 Å². The molecule has 0 atom stereocenters. The molecular weight excluding hydrogens is 287 g/mol. The number of hydrogen-bond donors (Lipinski definition) is 0. The van der Waals surface area contributed by atoms with E-state index in [1.807, 2.05) is 36.4 Å². The molecule has 0 saturated carbocycles. The lowest BCUT2D eigenvalue weighted by atomic mass is 10.0. The van der Waals surface area contributed by atoms with Gasteiger partial charge in [0, 0.05) is 12.1 Å². The van der Waals surface area contributed by atoms with Gasteiger partial charge in [0.25, 0.3) is 0 Å². The van der Waals surface area contributed by atoms with Crippen LogP contribution in [0.2, 0.25) is 0 Å². The van der Waals surface area contributed by atoms with Crippen LogP contribution in [-0.4, -0.2) is 5.84 Å². The van der Waals surface area contributed by atoms with Gasteiger partial charge in [-0.25, -0.2) is 9.38 Å². The van der Waals surface area contributed by atoms with Crippen LogP contribution >= 0.6 is 0 Å². The van der Waals surface area contributed by atoms with E-state index < -0.39 is 0 Å². The number of nitrogens with zero attached hydrogens (tertiary/aromatic N) is 2. The van der Waals surface area contributed by atoms with E-state index in [1.165, 1.54) is 6.07 Å². The van der Waals surface area contributed by atoms with Crippen LogP contribution in [0.25, 0.3) is 5.70 Å². The van der Waals surface area contributed by atoms with Crippen molar-refractivity contribution in [3.05, 3.63) is 66.0 Å². The van der Waals surface area contributed by atoms with E-state index in [0.29, 0.717) is 5.56 Å². The van der Waals surface area contributed by atoms with E-state index >= 15 is 0 Å². The number of rotatable bonds is 4. The van der Waals surface area contributed by atoms with Crippen molar-refractivity contribution in [1.29, 1.82) is 0 Å². The minimum atomic E-state index is -0.220. The van der Waals surface area contributed by atoms with Gasteiger partial charge in [0.2, 0.25) is 0 Å². The summed E-state index contributed by atoms with van der Waals surface area (Å²) in [6.07, 6.45) is 4.77. The molecule has 0 spiro atoms. The standard InChI is InChI=1S/C20H21FN2/c1-3-9-18-20-16(21)13-8-14-17(20)22-19(10-4-2)23(18)15-11-6-5-7-12-15/h5-9,11-14H,3-4,10H2,1-2H3/b18-9+. The normalized spacial score (nSPS) is 15.5. The fourth-order valence-corrected chi connectivity index (χ4v) is 2.94. The molecule has 1 aliphatic rings. The second-order valence-corrected chi connectivity index (χ2v) is 5.58. The van der Waals surface area contributed by atoms with Crippen LogP contribution in [0.15, 0.2) is 59.6 Å². The van der Waals surface area contributed by atoms with Gasteiger partial charge < -0.3 is 0 Å². The molecule has 3 rings (SSSR count). The van der Waals surface area contributed by atoms with Gasteiger partial charge >= 0.3 is 0 Å². The van der Waals surface area contributed by atoms with Crippen LogP contribution in [0.5, 0.6) is 0 Å². The van der Waals surface area contributed by atoms with Gasteiger partial charge in [0.05, 0.1) is 16.9 Å². The van der Waals surface area contributed by atoms with Crippen molar-refractivity contribution in [3.63, 3.8) is 0 Å². The van der Waals surface area contributed by atoms with Crippen LogP contribution in [0.4, 0.5) is 15.8 Å². The van der Waals surface area contributed by atoms with E-state index in [1.54, 1.807) is 6.07 Å². The molecule has 0 saturated heterocycles. The molecule has 118 valence electrons. The third kappa shape index (κ3) is 2.91. The molecule has 2 aromatic rings. The average Bonchev–Trinajstić information content (AvgIpc) is 2.56. The van der Waals surface area contributed by atoms with Crippen molar-refractivity contribution in [1.82, 2.24) is 0 Å². The fourth-order valence-electron chi connectivity index (χ4n) is 2.94. The Hall–Kier alpha value is -2.42. The summed E-state index contributed by atoms with van der Waals surface area (Å²) in [5.74, 6) is 0.749. The molecule has 0 aromatic heterocycles. The highest BCUT2D eigenvalue weighted by molar-refractivity contribution is 6.13. The SMILES string of the molecule is CC/C=C1\c2c(F)cccc2N=C(CCC)N1c1ccccc1. The molecular formula is C20H21FN2. The second kappa shape index (κ2) is 6.78. The number of aliphatic imine (C=N–C) groups is 1. The largest absolute Gasteiger partial charge is 0.298 e. The van der Waals surface area contributed by atoms with Gasteiger partial charge in [-0.15, -0.1) is 0 Å². The molecule has 2 aromatic carbocycles. The fraction of sp³-hybridized carbons (Fsp3) is 0.250. The van der Waals surface area contributed by atoms with Gasteiger partial charge in [-0.2, -0.15) is 0 Å². The van der Waals surface area contributed by atoms with E-state index in [2.05, 4.69) is 24.8 Å². The zero-order valence-corrected chi connectivity index (χ0v) is 13.6. The first kappa shape index (κ1) is 15.5. The number of hydrogen-bond acceptors (Lipinski definition) is 2. The summed E-state index contributed by atoms with van der Waals surface area (Å²) in [5, 5.41) is 0. The molecule has 0 aliphatic carbocycles. The Morgan fingerprint density at radius 1 is 1.04 bits per heavy atom. The first-order valence-electron chi connectivity index (χ1n) is 8.18. The maximum atomic E-state index is 14.5. The third-order valence-corrected chi connectivity index (χ3v) is 3.88. The van der Waals surface area contributed by atoms with Crippen molar-refractivity contribution < 1.29 is 4.39 Å². The highest BCUT2D eigenvalue weighted by Gasteiger charge is 2.27. The molecule has 0 fully saturated rings. The number of para-hydroxylation sites is 1. The zero-order chi connectivity index (χ0) is 16.2. The number of halogens is 1. The van der Waals surface area contributed by atoms with Gasteiger partial charge in [0.15, 0.2) is 0 Å². The number of benzene rings is 2. The molecule has 1 aliphatic heterocycles. The molecule has 0 unspecified atom stereocenters. The Bertz CT molecular complexity index is 747. The van der Waals surface area contributed by atoms with Crippen LogP contribution in [-0.2, 0) is 0 Å². The van der Waals surface area contributed by atoms with Crippen LogP contribution in [0.3, 0.4) is 0 Å². The Morgan fingerprint density at radius 2 is 1.83 bits per heavy atom. The Kier molecular flexibility index (Phi) is 4.56. The molecule has 1 heterocycles. The van der Waals surface area contributed by atoms with E-state index in [4.69, 9.17) is 4.99 Å². The molecule has 0 N–H and O–H groups in total. The Labute approximate surface area is 137 Å². The maximum absolute atomic E-state index is 14.5. The lowest BCUT2D eigenvalue weighted by molar-refractivity contribution is 0.623. The van der Waals surface area contributed by atoms with Crippen molar-refractivity contribution in [2.45, 2.75) is 33.1 Å². The number of allylic oxidation sites excluding steroid dienone is 1. The highest BCUT2D eigenvalue weighted by Crippen LogP contribution is 2.39. The third-order valence-electron chi connectivity index (χ3n) is 3.88. The molecule has 0 bridgehead atoms. The molecule has 23 heavy (non-hydrogen) atoms. The monoisotopic (exact) mass is 308 g/mol. The van der Waals surface area contributed by atoms with Gasteiger partial charge in [0.1, 0.15) is 11.7 Å². The lowest BCUT2D eigenvalue weighted by Gasteiger charge is -2.33. The Balaban J connectivity index is 2.24. The Morgan fingerprint density at radius 3 is 2.52 bits per heavy atom. The number of fused-ring (bicyclic) bond motifs is 1. The van der Waals surface area contributed by atoms with Gasteiger partial charge in [-0.3, -0.25) is 4.90 Å². The highest BCUT2D eigenvalue weighted by atomic mass is 19.1. The summed E-state index contributed by atoms with van der Waals surface area (Å²) in [7, 11) is 0. The van der Waals surface area contributed by atoms with Crippen molar-refractivity contribution >= 4 is 22.9 Å². The number of anilines is 1. The van der Waals surface area contributed by atoms with E-state index in [9.17, 15) is 4.39 Å². The van der Waals surface area contributed by atoms with Gasteiger partial charge in [-0.05, 0) is 37.1 Å². The summed E-state index contributed by atoms with van der Waals surface area (Å²) >= 11 is 0. The first-order chi connectivity index (χ1) is 11.3. The lowest BCUT2D eigenvalue weighted by Crippen LogP contribution is -2.32. The van der Waals surface area contributed by atoms with Gasteiger partial charge in [-0.1, -0.05) is 44.2 Å². The van der Waals surface area contributed by atoms with Crippen molar-refractivity contribution in [3.8, 4) is 0 Å². The average molecular weight is 308 g/mol. The topological polar surface area (TPSA) is 15.6 Å². The summed E-state index contributed by atoms with van der Waals surface area (Å²) in [6.45, 7) is 4.21. The van der Waals surface area contributed by atoms with Crippen LogP contribution < -0.4 is 4.90 Å². The predicted molar refractivity (Wildman–Crippen MR) is 95.6 cm³/mol. The first-order valence-corrected chi connectivity index (χ1v) is 8.18. The summed E-state index contributed by atoms with van der Waals surface area (Å²) in [5.41, 5.74) is 3.23. The molecule has 3 heteroatoms. The van der Waals surface area contributed by atoms with Crippen molar-refractivity contribution in [2.24, 2.45) is 4.99 Å². The van der Waals surface area contributed by atoms with E-state index in [-0.39, 0.29) is 5.82 Å². The molecule has 2 nitrogen and oxygen atoms in total. The minimum Gasteiger partial charge on any atom is -0.298 e. The second-order valence-electron chi connectivity index (χ2n) is 5.58. The predicted octanol–water partition coefficient (Wildman–Crippen LogP) is 5.93. The number of amidine groups is 1. The molecule has 0 amide bonds. The maximum Gasteiger partial charge on any atom is 0.134 e. The summed E-state index contributed by atoms with van der Waals surface area (Å²) < 4.78 is 14.5.